The van der Waals surface area contributed by atoms with Gasteiger partial charge in [0, 0.05) is 0 Å². The van der Waals surface area contributed by atoms with Crippen molar-refractivity contribution in [2.24, 2.45) is 5.73 Å². The normalized spacial score (nSPS) is 12.0. The summed E-state index contributed by atoms with van der Waals surface area (Å²) in [6.07, 6.45) is 1.00. The number of rotatable bonds is 9. The molecule has 0 heterocycles. The molecule has 0 radical (unpaired) electrons. The van der Waals surface area contributed by atoms with E-state index in [-0.39, 0.29) is 0 Å². The van der Waals surface area contributed by atoms with Crippen LogP contribution >= 0.6 is 15.9 Å². The van der Waals surface area contributed by atoms with Crippen molar-refractivity contribution in [3.63, 3.8) is 0 Å². The quantitative estimate of drug-likeness (QED) is 0.708. The summed E-state index contributed by atoms with van der Waals surface area (Å²) in [5, 5.41) is 9.22. The molecule has 1 rings (SSSR count). The molecule has 0 bridgehead atoms. The van der Waals surface area contributed by atoms with E-state index in [1.165, 1.54) is 0 Å². The second-order valence-corrected chi connectivity index (χ2v) is 5.46. The minimum Gasteiger partial charge on any atom is -0.490 e. The minimum absolute atomic E-state index is 0.429. The standard InChI is InChI=1S/C15H22BrNO4/c1-3-5-12(15(18)19)21-14-11(16)8-10(6-7-17)9-13(14)20-4-2/h8-9,12H,3-7,17H2,1-2H3,(H,18,19). The molecule has 0 saturated heterocycles. The summed E-state index contributed by atoms with van der Waals surface area (Å²) < 4.78 is 11.9. The molecule has 0 spiro atoms. The van der Waals surface area contributed by atoms with Gasteiger partial charge in [0.1, 0.15) is 0 Å². The molecule has 0 aliphatic carbocycles. The number of ether oxygens (including phenoxy) is 2. The lowest BCUT2D eigenvalue weighted by Crippen LogP contribution is -2.27. The lowest BCUT2D eigenvalue weighted by atomic mass is 10.1. The van der Waals surface area contributed by atoms with Crippen molar-refractivity contribution in [1.82, 2.24) is 0 Å². The van der Waals surface area contributed by atoms with Gasteiger partial charge in [-0.2, -0.15) is 0 Å². The lowest BCUT2D eigenvalue weighted by Gasteiger charge is -2.19. The molecule has 0 fully saturated rings. The van der Waals surface area contributed by atoms with Crippen molar-refractivity contribution < 1.29 is 19.4 Å². The third-order valence-corrected chi connectivity index (χ3v) is 3.48. The Morgan fingerprint density at radius 2 is 2.14 bits per heavy atom. The first kappa shape index (κ1) is 17.8. The van der Waals surface area contributed by atoms with Crippen LogP contribution < -0.4 is 15.2 Å². The number of aliphatic carboxylic acids is 1. The maximum absolute atomic E-state index is 11.2. The third-order valence-electron chi connectivity index (χ3n) is 2.89. The van der Waals surface area contributed by atoms with Gasteiger partial charge >= 0.3 is 5.97 Å². The second-order valence-electron chi connectivity index (χ2n) is 4.61. The first-order chi connectivity index (χ1) is 10.0. The Hall–Kier alpha value is -1.27. The van der Waals surface area contributed by atoms with Gasteiger partial charge in [-0.15, -0.1) is 0 Å². The first-order valence-electron chi connectivity index (χ1n) is 7.08. The van der Waals surface area contributed by atoms with Crippen LogP contribution in [0.25, 0.3) is 0 Å². The van der Waals surface area contributed by atoms with Crippen LogP contribution in [0.2, 0.25) is 0 Å². The summed E-state index contributed by atoms with van der Waals surface area (Å²) >= 11 is 3.43. The van der Waals surface area contributed by atoms with Crippen molar-refractivity contribution in [2.75, 3.05) is 13.2 Å². The second kappa shape index (κ2) is 8.89. The highest BCUT2D eigenvalue weighted by atomic mass is 79.9. The average Bonchev–Trinajstić information content (AvgIpc) is 2.42. The highest BCUT2D eigenvalue weighted by Crippen LogP contribution is 2.38. The molecule has 6 heteroatoms. The Labute approximate surface area is 133 Å². The summed E-state index contributed by atoms with van der Waals surface area (Å²) in [6, 6.07) is 3.73. The summed E-state index contributed by atoms with van der Waals surface area (Å²) in [5.41, 5.74) is 6.58. The Morgan fingerprint density at radius 3 is 2.67 bits per heavy atom. The average molecular weight is 360 g/mol. The van der Waals surface area contributed by atoms with Gasteiger partial charge in [0.15, 0.2) is 17.6 Å². The molecule has 0 aromatic heterocycles. The largest absolute Gasteiger partial charge is 0.490 e. The number of carboxylic acids is 1. The maximum atomic E-state index is 11.2. The Morgan fingerprint density at radius 1 is 1.43 bits per heavy atom. The SMILES string of the molecule is CCCC(Oc1c(Br)cc(CCN)cc1OCC)C(=O)O. The lowest BCUT2D eigenvalue weighted by molar-refractivity contribution is -0.145. The predicted octanol–water partition coefficient (Wildman–Crippen LogP) is 2.98. The van der Waals surface area contributed by atoms with Gasteiger partial charge in [-0.05, 0) is 59.9 Å². The molecule has 0 aliphatic rings. The molecule has 1 unspecified atom stereocenters. The van der Waals surface area contributed by atoms with Gasteiger partial charge in [0.05, 0.1) is 11.1 Å². The van der Waals surface area contributed by atoms with E-state index in [9.17, 15) is 9.90 Å². The maximum Gasteiger partial charge on any atom is 0.344 e. The number of hydrogen-bond donors (Lipinski definition) is 2. The highest BCUT2D eigenvalue weighted by Gasteiger charge is 2.22. The molecule has 1 aromatic carbocycles. The molecule has 1 atom stereocenters. The smallest absolute Gasteiger partial charge is 0.344 e. The van der Waals surface area contributed by atoms with Crippen molar-refractivity contribution in [3.8, 4) is 11.5 Å². The predicted molar refractivity (Wildman–Crippen MR) is 85.0 cm³/mol. The molecule has 21 heavy (non-hydrogen) atoms. The topological polar surface area (TPSA) is 81.8 Å². The Kier molecular flexibility index (Phi) is 7.53. The molecular formula is C15H22BrNO4. The Bertz CT molecular complexity index is 479. The molecular weight excluding hydrogens is 338 g/mol. The summed E-state index contributed by atoms with van der Waals surface area (Å²) in [4.78, 5) is 11.2. The molecule has 118 valence electrons. The van der Waals surface area contributed by atoms with Crippen LogP contribution in [0.4, 0.5) is 0 Å². The van der Waals surface area contributed by atoms with E-state index < -0.39 is 12.1 Å². The van der Waals surface area contributed by atoms with Crippen molar-refractivity contribution >= 4 is 21.9 Å². The summed E-state index contributed by atoms with van der Waals surface area (Å²) in [5.74, 6) is -0.00613. The molecule has 0 aliphatic heterocycles. The van der Waals surface area contributed by atoms with Crippen LogP contribution in [0.3, 0.4) is 0 Å². The van der Waals surface area contributed by atoms with Crippen LogP contribution in [-0.2, 0) is 11.2 Å². The van der Waals surface area contributed by atoms with Gasteiger partial charge in [-0.1, -0.05) is 13.3 Å². The van der Waals surface area contributed by atoms with Crippen LogP contribution in [0.1, 0.15) is 32.3 Å². The highest BCUT2D eigenvalue weighted by molar-refractivity contribution is 9.10. The number of carboxylic acid groups (broad SMARTS) is 1. The number of benzene rings is 1. The third kappa shape index (κ3) is 5.21. The van der Waals surface area contributed by atoms with Gasteiger partial charge < -0.3 is 20.3 Å². The van der Waals surface area contributed by atoms with Gasteiger partial charge in [-0.25, -0.2) is 4.79 Å². The number of halogens is 1. The number of hydrogen-bond acceptors (Lipinski definition) is 4. The monoisotopic (exact) mass is 359 g/mol. The van der Waals surface area contributed by atoms with Gasteiger partial charge in [0.2, 0.25) is 0 Å². The van der Waals surface area contributed by atoms with E-state index in [2.05, 4.69) is 15.9 Å². The van der Waals surface area contributed by atoms with E-state index >= 15 is 0 Å². The van der Waals surface area contributed by atoms with E-state index in [1.807, 2.05) is 26.0 Å². The van der Waals surface area contributed by atoms with Crippen LogP contribution in [0, 0.1) is 0 Å². The van der Waals surface area contributed by atoms with Crippen LogP contribution in [-0.4, -0.2) is 30.3 Å². The van der Waals surface area contributed by atoms with Gasteiger partial charge in [-0.3, -0.25) is 0 Å². The zero-order valence-corrected chi connectivity index (χ0v) is 14.0. The summed E-state index contributed by atoms with van der Waals surface area (Å²) in [7, 11) is 0. The van der Waals surface area contributed by atoms with Crippen molar-refractivity contribution in [1.29, 1.82) is 0 Å². The summed E-state index contributed by atoms with van der Waals surface area (Å²) in [6.45, 7) is 4.79. The fourth-order valence-corrected chi connectivity index (χ4v) is 2.53. The number of nitrogens with two attached hydrogens (primary N) is 1. The molecule has 1 aromatic rings. The molecule has 5 nitrogen and oxygen atoms in total. The van der Waals surface area contributed by atoms with E-state index in [1.54, 1.807) is 0 Å². The number of carbonyl (C=O) groups is 1. The zero-order chi connectivity index (χ0) is 15.8. The van der Waals surface area contributed by atoms with Crippen molar-refractivity contribution in [2.45, 2.75) is 39.2 Å². The fourth-order valence-electron chi connectivity index (χ4n) is 1.95. The van der Waals surface area contributed by atoms with E-state index in [0.29, 0.717) is 35.5 Å². The van der Waals surface area contributed by atoms with Gasteiger partial charge in [0.25, 0.3) is 0 Å². The van der Waals surface area contributed by atoms with Crippen LogP contribution in [0.5, 0.6) is 11.5 Å². The zero-order valence-electron chi connectivity index (χ0n) is 12.4. The van der Waals surface area contributed by atoms with Crippen molar-refractivity contribution in [3.05, 3.63) is 22.2 Å². The minimum atomic E-state index is -0.975. The molecule has 0 saturated carbocycles. The Balaban J connectivity index is 3.10. The fraction of sp³-hybridized carbons (Fsp3) is 0.533. The molecule has 0 amide bonds. The van der Waals surface area contributed by atoms with E-state index in [0.717, 1.165) is 18.4 Å². The van der Waals surface area contributed by atoms with Crippen LogP contribution in [0.15, 0.2) is 16.6 Å². The first-order valence-corrected chi connectivity index (χ1v) is 7.87. The van der Waals surface area contributed by atoms with E-state index in [4.69, 9.17) is 15.2 Å². The molecule has 3 N–H and O–H groups in total.